The molecule has 0 unspecified atom stereocenters. The zero-order chi connectivity index (χ0) is 28.2. The van der Waals surface area contributed by atoms with Gasteiger partial charge in [0.15, 0.2) is 6.79 Å². The molecule has 0 atom stereocenters. The number of fused-ring (bicyclic) bond motifs is 1. The molecule has 0 aliphatic carbocycles. The fraction of sp³-hybridized carbons (Fsp3) is 0.308. The number of carbonyl (C=O) groups is 1. The summed E-state index contributed by atoms with van der Waals surface area (Å²) in [5.41, 5.74) is 1.83. The predicted molar refractivity (Wildman–Crippen MR) is 138 cm³/mol. The molecule has 3 aromatic rings. The van der Waals surface area contributed by atoms with Crippen LogP contribution in [0.4, 0.5) is 24.5 Å². The maximum absolute atomic E-state index is 13.3. The molecule has 9 nitrogen and oxygen atoms in total. The molecule has 39 heavy (non-hydrogen) atoms. The van der Waals surface area contributed by atoms with E-state index in [-0.39, 0.29) is 30.5 Å². The van der Waals surface area contributed by atoms with Gasteiger partial charge in [-0.3, -0.25) is 14.5 Å². The van der Waals surface area contributed by atoms with Crippen LogP contribution in [0.1, 0.15) is 21.6 Å². The largest absolute Gasteiger partial charge is 0.465 e. The van der Waals surface area contributed by atoms with Gasteiger partial charge in [0.25, 0.3) is 5.91 Å². The lowest BCUT2D eigenvalue weighted by Gasteiger charge is -2.29. The highest BCUT2D eigenvalue weighted by molar-refractivity contribution is 7.92. The van der Waals surface area contributed by atoms with Crippen molar-refractivity contribution in [2.24, 2.45) is 0 Å². The fourth-order valence-corrected chi connectivity index (χ4v) is 4.57. The van der Waals surface area contributed by atoms with Crippen molar-refractivity contribution in [3.63, 3.8) is 0 Å². The zero-order valence-corrected chi connectivity index (χ0v) is 21.9. The number of rotatable bonds is 10. The van der Waals surface area contributed by atoms with Crippen LogP contribution in [0, 0.1) is 0 Å². The number of hydrogen-bond acceptors (Lipinski definition) is 7. The number of amides is 1. The van der Waals surface area contributed by atoms with Gasteiger partial charge in [0.1, 0.15) is 11.4 Å². The quantitative estimate of drug-likeness (QED) is 0.288. The zero-order valence-electron chi connectivity index (χ0n) is 21.1. The summed E-state index contributed by atoms with van der Waals surface area (Å²) in [7, 11) is -2.13. The number of hydrogen-bond donors (Lipinski definition) is 1. The van der Waals surface area contributed by atoms with Crippen molar-refractivity contribution in [2.45, 2.75) is 12.6 Å². The number of aromatic nitrogens is 1. The van der Waals surface area contributed by atoms with Crippen LogP contribution < -0.4 is 14.4 Å². The lowest BCUT2D eigenvalue weighted by Crippen LogP contribution is -2.38. The number of ether oxygens (including phenoxy) is 3. The Morgan fingerprint density at radius 2 is 1.79 bits per heavy atom. The van der Waals surface area contributed by atoms with Crippen LogP contribution in [0.5, 0.6) is 5.75 Å². The first-order valence-corrected chi connectivity index (χ1v) is 13.6. The van der Waals surface area contributed by atoms with Gasteiger partial charge in [-0.1, -0.05) is 12.1 Å². The van der Waals surface area contributed by atoms with Crippen LogP contribution in [0.2, 0.25) is 0 Å². The van der Waals surface area contributed by atoms with E-state index in [2.05, 4.69) is 9.71 Å². The summed E-state index contributed by atoms with van der Waals surface area (Å²) >= 11 is 0. The molecule has 0 bridgehead atoms. The fourth-order valence-electron chi connectivity index (χ4n) is 4.01. The summed E-state index contributed by atoms with van der Waals surface area (Å²) in [6.45, 7) is 0.804. The number of pyridine rings is 1. The van der Waals surface area contributed by atoms with E-state index in [1.165, 1.54) is 42.5 Å². The second-order valence-corrected chi connectivity index (χ2v) is 10.5. The molecule has 0 saturated heterocycles. The highest BCUT2D eigenvalue weighted by Crippen LogP contribution is 2.34. The van der Waals surface area contributed by atoms with Crippen molar-refractivity contribution >= 4 is 27.3 Å². The third-order valence-corrected chi connectivity index (χ3v) is 6.46. The smallest absolute Gasteiger partial charge is 0.416 e. The second kappa shape index (κ2) is 11.6. The first-order valence-electron chi connectivity index (χ1n) is 11.8. The molecule has 1 aliphatic rings. The minimum absolute atomic E-state index is 0.134. The maximum Gasteiger partial charge on any atom is 0.416 e. The Morgan fingerprint density at radius 3 is 2.46 bits per heavy atom. The van der Waals surface area contributed by atoms with Gasteiger partial charge in [-0.25, -0.2) is 8.42 Å². The Balaban J connectivity index is 1.55. The summed E-state index contributed by atoms with van der Waals surface area (Å²) < 4.78 is 80.7. The van der Waals surface area contributed by atoms with Crippen molar-refractivity contribution in [3.8, 4) is 16.9 Å². The van der Waals surface area contributed by atoms with Crippen molar-refractivity contribution in [2.75, 3.05) is 49.5 Å². The van der Waals surface area contributed by atoms with E-state index >= 15 is 0 Å². The van der Waals surface area contributed by atoms with E-state index in [1.54, 1.807) is 12.1 Å². The Hall–Kier alpha value is -3.68. The first-order chi connectivity index (χ1) is 18.5. The number of nitrogens with zero attached hydrogens (tertiary/aromatic N) is 2. The van der Waals surface area contributed by atoms with Crippen LogP contribution in [0.3, 0.4) is 0 Å². The monoisotopic (exact) mass is 565 g/mol. The van der Waals surface area contributed by atoms with Gasteiger partial charge in [0.05, 0.1) is 30.7 Å². The van der Waals surface area contributed by atoms with Crippen molar-refractivity contribution in [3.05, 3.63) is 71.5 Å². The molecule has 0 radical (unpaired) electrons. The summed E-state index contributed by atoms with van der Waals surface area (Å²) in [6, 6.07) is 11.1. The van der Waals surface area contributed by atoms with Gasteiger partial charge in [-0.2, -0.15) is 13.2 Å². The Kier molecular flexibility index (Phi) is 8.42. The van der Waals surface area contributed by atoms with Crippen molar-refractivity contribution in [1.29, 1.82) is 0 Å². The topological polar surface area (TPSA) is 107 Å². The first kappa shape index (κ1) is 28.3. The maximum atomic E-state index is 13.3. The van der Waals surface area contributed by atoms with E-state index in [1.807, 2.05) is 0 Å². The average molecular weight is 566 g/mol. The molecule has 0 saturated carbocycles. The molecule has 208 valence electrons. The molecule has 0 fully saturated rings. The Labute approximate surface area is 223 Å². The molecule has 13 heteroatoms. The molecule has 4 rings (SSSR count). The number of anilines is 2. The number of methoxy groups -OCH3 is 1. The van der Waals surface area contributed by atoms with E-state index in [0.717, 1.165) is 18.4 Å². The van der Waals surface area contributed by atoms with Crippen molar-refractivity contribution < 1.29 is 40.6 Å². The summed E-state index contributed by atoms with van der Waals surface area (Å²) in [5.74, 6) is -0.178. The molecule has 0 spiro atoms. The molecule has 1 N–H and O–H groups in total. The molecule has 1 aliphatic heterocycles. The lowest BCUT2D eigenvalue weighted by molar-refractivity contribution is -0.137. The average Bonchev–Trinajstić information content (AvgIpc) is 2.88. The molecule has 2 aromatic carbocycles. The summed E-state index contributed by atoms with van der Waals surface area (Å²) in [4.78, 5) is 19.1. The molecule has 1 amide bonds. The van der Waals surface area contributed by atoms with E-state index in [9.17, 15) is 26.4 Å². The summed E-state index contributed by atoms with van der Waals surface area (Å²) in [6.07, 6.45) is -1.55. The Bertz CT molecular complexity index is 1450. The van der Waals surface area contributed by atoms with Gasteiger partial charge in [0.2, 0.25) is 10.0 Å². The van der Waals surface area contributed by atoms with Crippen molar-refractivity contribution in [1.82, 2.24) is 4.98 Å². The number of carbonyl (C=O) groups excluding carboxylic acids is 1. The third kappa shape index (κ3) is 7.05. The number of halogens is 3. The number of alkyl halides is 3. The molecule has 2 heterocycles. The molecular formula is C26H26F3N3O6S. The molecule has 1 aromatic heterocycles. The highest BCUT2D eigenvalue weighted by atomic mass is 32.2. The van der Waals surface area contributed by atoms with Gasteiger partial charge >= 0.3 is 6.18 Å². The number of benzene rings is 2. The van der Waals surface area contributed by atoms with E-state index < -0.39 is 27.7 Å². The number of sulfonamides is 1. The normalized spacial score (nSPS) is 13.8. The van der Waals surface area contributed by atoms with Crippen LogP contribution in [0.15, 0.2) is 54.7 Å². The minimum Gasteiger partial charge on any atom is -0.465 e. The summed E-state index contributed by atoms with van der Waals surface area (Å²) in [5, 5.41) is 0. The predicted octanol–water partition coefficient (Wildman–Crippen LogP) is 4.34. The molecular weight excluding hydrogens is 539 g/mol. The van der Waals surface area contributed by atoms with Gasteiger partial charge in [0, 0.05) is 31.1 Å². The van der Waals surface area contributed by atoms with Crippen LogP contribution >= 0.6 is 0 Å². The van der Waals surface area contributed by atoms with Gasteiger partial charge in [-0.05, 0) is 53.9 Å². The number of nitrogens with one attached hydrogen (secondary N) is 1. The Morgan fingerprint density at radius 1 is 1.05 bits per heavy atom. The second-order valence-electron chi connectivity index (χ2n) is 8.73. The lowest BCUT2D eigenvalue weighted by atomic mass is 9.98. The third-order valence-electron chi connectivity index (χ3n) is 5.86. The minimum atomic E-state index is -4.43. The SMILES string of the molecule is COCCOCOc1ccc(N2CCc3cc(-c4ccc(C(F)(F)F)cc4)cnc3C2=O)cc1NS(C)(=O)=O. The van der Waals surface area contributed by atoms with Crippen LogP contribution in [-0.4, -0.2) is 59.2 Å². The van der Waals surface area contributed by atoms with E-state index in [4.69, 9.17) is 14.2 Å². The van der Waals surface area contributed by atoms with Crippen LogP contribution in [-0.2, 0) is 32.1 Å². The van der Waals surface area contributed by atoms with Gasteiger partial charge in [-0.15, -0.1) is 0 Å². The van der Waals surface area contributed by atoms with Crippen LogP contribution in [0.25, 0.3) is 11.1 Å². The highest BCUT2D eigenvalue weighted by Gasteiger charge is 2.31. The van der Waals surface area contributed by atoms with E-state index in [0.29, 0.717) is 42.0 Å². The standard InChI is InChI=1S/C26H26F3N3O6S/c1-36-11-12-37-16-38-23-8-7-21(14-22(23)31-39(2,34)35)32-10-9-18-13-19(15-30-24(18)25(32)33)17-3-5-20(6-4-17)26(27,28)29/h3-8,13-15,31H,9-12,16H2,1-2H3. The van der Waals surface area contributed by atoms with Gasteiger partial charge < -0.3 is 19.1 Å².